The first kappa shape index (κ1) is 13.5. The summed E-state index contributed by atoms with van der Waals surface area (Å²) in [4.78, 5) is 4.43. The Morgan fingerprint density at radius 2 is 2.00 bits per heavy atom. The molecule has 0 spiro atoms. The fourth-order valence-corrected chi connectivity index (χ4v) is 2.51. The lowest BCUT2D eigenvalue weighted by Gasteiger charge is -2.23. The van der Waals surface area contributed by atoms with E-state index in [-0.39, 0.29) is 11.5 Å². The molecule has 4 nitrogen and oxygen atoms in total. The van der Waals surface area contributed by atoms with Gasteiger partial charge in [-0.3, -0.25) is 0 Å². The molecule has 1 atom stereocenters. The molecule has 0 aromatic carbocycles. The topological polar surface area (TPSA) is 64.9 Å². The Hall–Kier alpha value is -0.900. The van der Waals surface area contributed by atoms with Gasteiger partial charge < -0.3 is 10.3 Å². The highest BCUT2D eigenvalue weighted by Crippen LogP contribution is 2.30. The minimum absolute atomic E-state index is 0.0351. The molecule has 2 rings (SSSR count). The molecule has 1 aromatic heterocycles. The molecule has 0 saturated heterocycles. The van der Waals surface area contributed by atoms with Gasteiger partial charge in [-0.15, -0.1) is 0 Å². The highest BCUT2D eigenvalue weighted by atomic mass is 16.5. The van der Waals surface area contributed by atoms with Crippen molar-refractivity contribution in [2.75, 3.05) is 0 Å². The first-order valence-corrected chi connectivity index (χ1v) is 7.05. The zero-order valence-corrected chi connectivity index (χ0v) is 11.8. The van der Waals surface area contributed by atoms with Gasteiger partial charge in [-0.2, -0.15) is 4.98 Å². The molecule has 1 heterocycles. The molecule has 1 fully saturated rings. The summed E-state index contributed by atoms with van der Waals surface area (Å²) in [5.41, 5.74) is 6.08. The molecule has 0 radical (unpaired) electrons. The van der Waals surface area contributed by atoms with Crippen molar-refractivity contribution >= 4 is 0 Å². The quantitative estimate of drug-likeness (QED) is 0.892. The van der Waals surface area contributed by atoms with Crippen molar-refractivity contribution in [1.29, 1.82) is 0 Å². The first-order chi connectivity index (χ1) is 8.47. The van der Waals surface area contributed by atoms with Crippen molar-refractivity contribution in [3.8, 4) is 0 Å². The summed E-state index contributed by atoms with van der Waals surface area (Å²) in [6.45, 7) is 6.27. The summed E-state index contributed by atoms with van der Waals surface area (Å²) in [5, 5.41) is 4.02. The predicted molar refractivity (Wildman–Crippen MR) is 71.0 cm³/mol. The number of hydrogen-bond acceptors (Lipinski definition) is 4. The Balaban J connectivity index is 1.89. The van der Waals surface area contributed by atoms with Crippen molar-refractivity contribution in [1.82, 2.24) is 10.1 Å². The van der Waals surface area contributed by atoms with E-state index in [0.717, 1.165) is 18.2 Å². The zero-order chi connectivity index (χ0) is 13.2. The van der Waals surface area contributed by atoms with Crippen LogP contribution in [0.25, 0.3) is 0 Å². The van der Waals surface area contributed by atoms with Gasteiger partial charge in [0.25, 0.3) is 0 Å². The Labute approximate surface area is 109 Å². The van der Waals surface area contributed by atoms with Crippen LogP contribution in [0.4, 0.5) is 0 Å². The van der Waals surface area contributed by atoms with Gasteiger partial charge in [-0.1, -0.05) is 51.6 Å². The van der Waals surface area contributed by atoms with Crippen LogP contribution in [0.5, 0.6) is 0 Å². The molecule has 2 N–H and O–H groups in total. The zero-order valence-electron chi connectivity index (χ0n) is 11.8. The van der Waals surface area contributed by atoms with Crippen molar-refractivity contribution in [2.24, 2.45) is 17.1 Å². The molecular formula is C14H25N3O. The fraction of sp³-hybridized carbons (Fsp3) is 0.857. The largest absolute Gasteiger partial charge is 0.339 e. The summed E-state index contributed by atoms with van der Waals surface area (Å²) in [6, 6.07) is -0.165. The molecule has 0 bridgehead atoms. The smallest absolute Gasteiger partial charge is 0.226 e. The molecule has 1 aliphatic carbocycles. The summed E-state index contributed by atoms with van der Waals surface area (Å²) < 4.78 is 5.30. The van der Waals surface area contributed by atoms with Crippen molar-refractivity contribution in [3.05, 3.63) is 11.7 Å². The van der Waals surface area contributed by atoms with Gasteiger partial charge in [-0.25, -0.2) is 0 Å². The van der Waals surface area contributed by atoms with Gasteiger partial charge in [-0.05, 0) is 17.8 Å². The maximum atomic E-state index is 6.12. The van der Waals surface area contributed by atoms with Gasteiger partial charge in [0.15, 0.2) is 5.82 Å². The Kier molecular flexibility index (Phi) is 4.05. The van der Waals surface area contributed by atoms with Gasteiger partial charge in [0.1, 0.15) is 0 Å². The number of nitrogens with two attached hydrogens (primary N) is 1. The summed E-state index contributed by atoms with van der Waals surface area (Å²) >= 11 is 0. The van der Waals surface area contributed by atoms with Crippen LogP contribution >= 0.6 is 0 Å². The maximum absolute atomic E-state index is 6.12. The lowest BCUT2D eigenvalue weighted by Crippen LogP contribution is -2.27. The second-order valence-electron chi connectivity index (χ2n) is 6.58. The Morgan fingerprint density at radius 3 is 2.61 bits per heavy atom. The van der Waals surface area contributed by atoms with E-state index in [4.69, 9.17) is 10.3 Å². The number of rotatable bonds is 4. The second-order valence-corrected chi connectivity index (χ2v) is 6.58. The highest BCUT2D eigenvalue weighted by Gasteiger charge is 2.27. The standard InChI is InChI=1S/C14H25N3O/c1-14(2,3)12(15)13-16-11(18-17-13)9-8-10-6-4-5-7-10/h10,12H,4-9,15H2,1-3H3. The summed E-state index contributed by atoms with van der Waals surface area (Å²) in [7, 11) is 0. The van der Waals surface area contributed by atoms with Crippen molar-refractivity contribution < 1.29 is 4.52 Å². The van der Waals surface area contributed by atoms with E-state index in [1.807, 2.05) is 0 Å². The SMILES string of the molecule is CC(C)(C)C(N)c1noc(CCC2CCCC2)n1. The van der Waals surface area contributed by atoms with Crippen LogP contribution in [0.1, 0.15) is 70.6 Å². The molecule has 4 heteroatoms. The molecule has 1 aromatic rings. The molecule has 1 aliphatic rings. The molecule has 102 valence electrons. The Bertz CT molecular complexity index is 375. The van der Waals surface area contributed by atoms with Crippen LogP contribution in [0, 0.1) is 11.3 Å². The minimum atomic E-state index is -0.165. The second kappa shape index (κ2) is 5.39. The molecular weight excluding hydrogens is 226 g/mol. The van der Waals surface area contributed by atoms with Crippen LogP contribution in [0.3, 0.4) is 0 Å². The van der Waals surface area contributed by atoms with E-state index < -0.39 is 0 Å². The molecule has 0 aliphatic heterocycles. The van der Waals surface area contributed by atoms with E-state index >= 15 is 0 Å². The average molecular weight is 251 g/mol. The molecule has 1 saturated carbocycles. The van der Waals surface area contributed by atoms with E-state index in [9.17, 15) is 0 Å². The van der Waals surface area contributed by atoms with Gasteiger partial charge in [0, 0.05) is 6.42 Å². The van der Waals surface area contributed by atoms with E-state index in [0.29, 0.717) is 5.82 Å². The maximum Gasteiger partial charge on any atom is 0.226 e. The van der Waals surface area contributed by atoms with Crippen LogP contribution in [-0.2, 0) is 6.42 Å². The van der Waals surface area contributed by atoms with Crippen LogP contribution < -0.4 is 5.73 Å². The number of hydrogen-bond donors (Lipinski definition) is 1. The molecule has 1 unspecified atom stereocenters. The lowest BCUT2D eigenvalue weighted by molar-refractivity contribution is 0.299. The van der Waals surface area contributed by atoms with E-state index in [1.165, 1.54) is 32.1 Å². The highest BCUT2D eigenvalue weighted by molar-refractivity contribution is 4.98. The van der Waals surface area contributed by atoms with Crippen molar-refractivity contribution in [3.63, 3.8) is 0 Å². The average Bonchev–Trinajstić information content (AvgIpc) is 2.95. The van der Waals surface area contributed by atoms with Crippen LogP contribution in [0.2, 0.25) is 0 Å². The normalized spacial score (nSPS) is 19.3. The third-order valence-corrected chi connectivity index (χ3v) is 3.94. The van der Waals surface area contributed by atoms with Gasteiger partial charge >= 0.3 is 0 Å². The van der Waals surface area contributed by atoms with E-state index in [1.54, 1.807) is 0 Å². The first-order valence-electron chi connectivity index (χ1n) is 7.05. The van der Waals surface area contributed by atoms with E-state index in [2.05, 4.69) is 30.9 Å². The summed E-state index contributed by atoms with van der Waals surface area (Å²) in [6.07, 6.45) is 7.56. The fourth-order valence-electron chi connectivity index (χ4n) is 2.51. The van der Waals surface area contributed by atoms with Crippen LogP contribution in [-0.4, -0.2) is 10.1 Å². The van der Waals surface area contributed by atoms with Gasteiger partial charge in [0.05, 0.1) is 6.04 Å². The Morgan fingerprint density at radius 1 is 1.33 bits per heavy atom. The minimum Gasteiger partial charge on any atom is -0.339 e. The van der Waals surface area contributed by atoms with Crippen LogP contribution in [0.15, 0.2) is 4.52 Å². The number of aryl methyl sites for hydroxylation is 1. The lowest BCUT2D eigenvalue weighted by atomic mass is 9.87. The van der Waals surface area contributed by atoms with Gasteiger partial charge in [0.2, 0.25) is 5.89 Å². The summed E-state index contributed by atoms with van der Waals surface area (Å²) in [5.74, 6) is 2.25. The third-order valence-electron chi connectivity index (χ3n) is 3.94. The monoisotopic (exact) mass is 251 g/mol. The van der Waals surface area contributed by atoms with Crippen molar-refractivity contribution in [2.45, 2.75) is 65.3 Å². The predicted octanol–water partition coefficient (Wildman–Crippen LogP) is 3.24. The molecule has 18 heavy (non-hydrogen) atoms. The third kappa shape index (κ3) is 3.31. The number of aromatic nitrogens is 2. The molecule has 0 amide bonds. The number of nitrogens with zero attached hydrogens (tertiary/aromatic N) is 2.